The highest BCUT2D eigenvalue weighted by atomic mass is 35.5. The third kappa shape index (κ3) is 3.61. The van der Waals surface area contributed by atoms with Crippen molar-refractivity contribution in [2.24, 2.45) is 0 Å². The van der Waals surface area contributed by atoms with Gasteiger partial charge in [0.1, 0.15) is 11.4 Å². The number of pyridine rings is 1. The van der Waals surface area contributed by atoms with Gasteiger partial charge in [-0.15, -0.1) is 0 Å². The van der Waals surface area contributed by atoms with Crippen molar-refractivity contribution in [1.29, 1.82) is 0 Å². The van der Waals surface area contributed by atoms with Gasteiger partial charge in [0, 0.05) is 43.5 Å². The maximum absolute atomic E-state index is 13.3. The molecular weight excluding hydrogens is 390 g/mol. The number of aromatic nitrogens is 1. The number of fused-ring (bicyclic) bond motifs is 1. The zero-order valence-corrected chi connectivity index (χ0v) is 17.1. The van der Waals surface area contributed by atoms with Crippen LogP contribution in [0, 0.1) is 0 Å². The van der Waals surface area contributed by atoms with E-state index in [0.29, 0.717) is 35.1 Å². The molecule has 1 aliphatic rings. The van der Waals surface area contributed by atoms with Crippen LogP contribution in [-0.2, 0) is 4.79 Å². The van der Waals surface area contributed by atoms with Gasteiger partial charge in [0.2, 0.25) is 0 Å². The van der Waals surface area contributed by atoms with Gasteiger partial charge in [0.15, 0.2) is 0 Å². The number of hydrogen-bond donors (Lipinski definition) is 0. The topological polar surface area (TPSA) is 54.3 Å². The first-order valence-corrected chi connectivity index (χ1v) is 9.83. The average Bonchev–Trinajstić information content (AvgIpc) is 3.12. The van der Waals surface area contributed by atoms with Crippen LogP contribution in [0.1, 0.15) is 10.5 Å². The predicted octanol–water partition coefficient (Wildman–Crippen LogP) is 3.23. The third-order valence-electron chi connectivity index (χ3n) is 5.34. The van der Waals surface area contributed by atoms with Crippen LogP contribution in [0.3, 0.4) is 0 Å². The highest BCUT2D eigenvalue weighted by molar-refractivity contribution is 6.43. The average molecular weight is 412 g/mol. The van der Waals surface area contributed by atoms with E-state index >= 15 is 0 Å². The molecule has 7 heteroatoms. The van der Waals surface area contributed by atoms with Gasteiger partial charge in [-0.1, -0.05) is 23.7 Å². The summed E-state index contributed by atoms with van der Waals surface area (Å²) in [5.74, 6) is -0.425. The number of piperazine rings is 1. The molecule has 0 atom stereocenters. The van der Waals surface area contributed by atoms with E-state index in [1.807, 2.05) is 37.4 Å². The quantitative estimate of drug-likeness (QED) is 0.488. The lowest BCUT2D eigenvalue weighted by Gasteiger charge is -2.31. The molecule has 150 valence electrons. The molecule has 3 aromatic rings. The van der Waals surface area contributed by atoms with E-state index in [4.69, 9.17) is 16.3 Å². The molecule has 2 aromatic heterocycles. The van der Waals surface area contributed by atoms with Crippen LogP contribution in [0.5, 0.6) is 5.75 Å². The Morgan fingerprint density at radius 2 is 1.79 bits per heavy atom. The van der Waals surface area contributed by atoms with E-state index in [1.165, 1.54) is 0 Å². The number of amides is 1. The van der Waals surface area contributed by atoms with Gasteiger partial charge < -0.3 is 18.9 Å². The summed E-state index contributed by atoms with van der Waals surface area (Å²) in [5.41, 5.74) is 2.62. The van der Waals surface area contributed by atoms with Crippen molar-refractivity contribution in [1.82, 2.24) is 14.2 Å². The fourth-order valence-corrected chi connectivity index (χ4v) is 3.92. The molecule has 0 bridgehead atoms. The summed E-state index contributed by atoms with van der Waals surface area (Å²) in [7, 11) is 3.56. The van der Waals surface area contributed by atoms with Gasteiger partial charge in [0.05, 0.1) is 12.1 Å². The number of benzene rings is 1. The minimum atomic E-state index is -0.511. The zero-order chi connectivity index (χ0) is 20.5. The molecule has 29 heavy (non-hydrogen) atoms. The molecule has 0 aliphatic carbocycles. The first-order valence-electron chi connectivity index (χ1n) is 9.45. The van der Waals surface area contributed by atoms with Crippen molar-refractivity contribution >= 4 is 28.8 Å². The van der Waals surface area contributed by atoms with Crippen LogP contribution in [0.15, 0.2) is 48.7 Å². The van der Waals surface area contributed by atoms with E-state index in [9.17, 15) is 9.59 Å². The molecule has 1 aliphatic heterocycles. The predicted molar refractivity (Wildman–Crippen MR) is 113 cm³/mol. The van der Waals surface area contributed by atoms with Crippen LogP contribution in [0.4, 0.5) is 0 Å². The Labute approximate surface area is 174 Å². The molecule has 1 amide bonds. The Bertz CT molecular complexity index is 1080. The molecule has 0 N–H and O–H groups in total. The van der Waals surface area contributed by atoms with Gasteiger partial charge in [0.25, 0.3) is 11.7 Å². The maximum Gasteiger partial charge on any atom is 0.296 e. The number of ketones is 1. The number of likely N-dealkylation sites (N-methyl/N-ethyl adjacent to an activating group) is 1. The minimum absolute atomic E-state index is 0.353. The largest absolute Gasteiger partial charge is 0.495 e. The monoisotopic (exact) mass is 411 g/mol. The third-order valence-corrected chi connectivity index (χ3v) is 5.64. The van der Waals surface area contributed by atoms with Crippen molar-refractivity contribution in [3.63, 3.8) is 0 Å². The second kappa shape index (κ2) is 7.89. The van der Waals surface area contributed by atoms with Crippen molar-refractivity contribution in [2.75, 3.05) is 40.3 Å². The van der Waals surface area contributed by atoms with Crippen LogP contribution in [0.2, 0.25) is 5.02 Å². The minimum Gasteiger partial charge on any atom is -0.495 e. The van der Waals surface area contributed by atoms with Crippen LogP contribution in [-0.4, -0.2) is 66.2 Å². The van der Waals surface area contributed by atoms with Gasteiger partial charge in [-0.3, -0.25) is 9.59 Å². The SMILES string of the molecule is COc1ccc(-c2cc3ccccn3c2C(=O)C(=O)N2CCN(C)CC2)cc1Cl. The lowest BCUT2D eigenvalue weighted by atomic mass is 10.0. The molecule has 0 radical (unpaired) electrons. The van der Waals surface area contributed by atoms with Crippen LogP contribution < -0.4 is 4.74 Å². The summed E-state index contributed by atoms with van der Waals surface area (Å²) in [4.78, 5) is 30.1. The molecular formula is C22H22ClN3O3. The number of hydrogen-bond acceptors (Lipinski definition) is 4. The van der Waals surface area contributed by atoms with E-state index in [2.05, 4.69) is 4.90 Å². The second-order valence-electron chi connectivity index (χ2n) is 7.18. The summed E-state index contributed by atoms with van der Waals surface area (Å²) >= 11 is 6.31. The fraction of sp³-hybridized carbons (Fsp3) is 0.273. The second-order valence-corrected chi connectivity index (χ2v) is 7.58. The van der Waals surface area contributed by atoms with Crippen LogP contribution >= 0.6 is 11.6 Å². The standard InChI is InChI=1S/C22H22ClN3O3/c1-24-9-11-25(12-10-24)22(28)21(27)20-17(14-16-5-3-4-8-26(16)20)15-6-7-19(29-2)18(23)13-15/h3-8,13-14H,9-12H2,1-2H3. The molecule has 0 saturated carbocycles. The van der Waals surface area contributed by atoms with Crippen molar-refractivity contribution in [3.8, 4) is 16.9 Å². The number of Topliss-reactive ketones (excluding diaryl/α,β-unsaturated/α-hetero) is 1. The van der Waals surface area contributed by atoms with Crippen molar-refractivity contribution in [2.45, 2.75) is 0 Å². The number of carbonyl (C=O) groups excluding carboxylic acids is 2. The van der Waals surface area contributed by atoms with Crippen molar-refractivity contribution < 1.29 is 14.3 Å². The summed E-state index contributed by atoms with van der Waals surface area (Å²) < 4.78 is 7.00. The Kier molecular flexibility index (Phi) is 5.30. The van der Waals surface area contributed by atoms with Gasteiger partial charge in [-0.05, 0) is 42.9 Å². The van der Waals surface area contributed by atoms with Gasteiger partial charge in [-0.25, -0.2) is 0 Å². The van der Waals surface area contributed by atoms with Gasteiger partial charge in [-0.2, -0.15) is 0 Å². The van der Waals surface area contributed by atoms with E-state index in [0.717, 1.165) is 24.2 Å². The number of rotatable bonds is 4. The Morgan fingerprint density at radius 3 is 2.48 bits per heavy atom. The fourth-order valence-electron chi connectivity index (χ4n) is 3.66. The van der Waals surface area contributed by atoms with E-state index < -0.39 is 11.7 Å². The molecule has 0 spiro atoms. The summed E-state index contributed by atoms with van der Waals surface area (Å²) in [6.45, 7) is 2.62. The highest BCUT2D eigenvalue weighted by Crippen LogP contribution is 2.34. The number of methoxy groups -OCH3 is 1. The number of nitrogens with zero attached hydrogens (tertiary/aromatic N) is 3. The first-order chi connectivity index (χ1) is 14.0. The lowest BCUT2D eigenvalue weighted by molar-refractivity contribution is -0.127. The molecule has 6 nitrogen and oxygen atoms in total. The summed E-state index contributed by atoms with van der Waals surface area (Å²) in [6, 6.07) is 12.9. The first kappa shape index (κ1) is 19.5. The number of carbonyl (C=O) groups is 2. The molecule has 1 aromatic carbocycles. The Hall–Kier alpha value is -2.83. The Balaban J connectivity index is 1.79. The summed E-state index contributed by atoms with van der Waals surface area (Å²) in [6.07, 6.45) is 1.80. The van der Waals surface area contributed by atoms with Crippen molar-refractivity contribution in [3.05, 3.63) is 59.4 Å². The maximum atomic E-state index is 13.3. The molecule has 0 unspecified atom stereocenters. The molecule has 3 heterocycles. The normalized spacial score (nSPS) is 14.9. The highest BCUT2D eigenvalue weighted by Gasteiger charge is 2.30. The molecule has 4 rings (SSSR count). The van der Waals surface area contributed by atoms with Crippen LogP contribution in [0.25, 0.3) is 16.6 Å². The molecule has 1 fully saturated rings. The lowest BCUT2D eigenvalue weighted by Crippen LogP contribution is -2.49. The molecule has 1 saturated heterocycles. The smallest absolute Gasteiger partial charge is 0.296 e. The zero-order valence-electron chi connectivity index (χ0n) is 16.4. The summed E-state index contributed by atoms with van der Waals surface area (Å²) in [5, 5.41) is 0.448. The van der Waals surface area contributed by atoms with Gasteiger partial charge >= 0.3 is 0 Å². The Morgan fingerprint density at radius 1 is 1.03 bits per heavy atom. The number of halogens is 1. The van der Waals surface area contributed by atoms with E-state index in [1.54, 1.807) is 34.7 Å². The van der Waals surface area contributed by atoms with E-state index in [-0.39, 0.29) is 0 Å². The number of ether oxygens (including phenoxy) is 1.